The molecule has 4 nitrogen and oxygen atoms in total. The number of amides is 1. The fraction of sp³-hybridized carbons (Fsp3) is 0.158. The Morgan fingerprint density at radius 3 is 2.64 bits per heavy atom. The highest BCUT2D eigenvalue weighted by Crippen LogP contribution is 2.33. The second-order valence-corrected chi connectivity index (χ2v) is 6.76. The summed E-state index contributed by atoms with van der Waals surface area (Å²) in [4.78, 5) is 16.3. The molecule has 0 radical (unpaired) electrons. The van der Waals surface area contributed by atoms with Crippen LogP contribution in [0.15, 0.2) is 53.9 Å². The Hall–Kier alpha value is -2.78. The Kier molecular flexibility index (Phi) is 5.76. The summed E-state index contributed by atoms with van der Waals surface area (Å²) in [5, 5.41) is 14.2. The van der Waals surface area contributed by atoms with Gasteiger partial charge in [0.25, 0.3) is 5.91 Å². The highest BCUT2D eigenvalue weighted by atomic mass is 32.1. The highest BCUT2D eigenvalue weighted by Gasteiger charge is 2.30. The fourth-order valence-corrected chi connectivity index (χ4v) is 3.25. The van der Waals surface area contributed by atoms with E-state index in [1.807, 2.05) is 0 Å². The maximum absolute atomic E-state index is 13.2. The smallest absolute Gasteiger partial charge is 0.387 e. The van der Waals surface area contributed by atoms with E-state index < -0.39 is 29.6 Å². The second-order valence-electron chi connectivity index (χ2n) is 5.90. The fourth-order valence-electron chi connectivity index (χ4n) is 2.45. The number of hydrogen-bond donors (Lipinski definition) is 2. The van der Waals surface area contributed by atoms with Crippen LogP contribution >= 0.6 is 11.3 Å². The van der Waals surface area contributed by atoms with Crippen LogP contribution in [0, 0.1) is 5.82 Å². The van der Waals surface area contributed by atoms with Gasteiger partial charge < -0.3 is 10.4 Å². The lowest BCUT2D eigenvalue weighted by Gasteiger charge is -2.11. The molecule has 0 saturated heterocycles. The topological polar surface area (TPSA) is 62.2 Å². The van der Waals surface area contributed by atoms with Crippen LogP contribution in [0.1, 0.15) is 27.7 Å². The van der Waals surface area contributed by atoms with Gasteiger partial charge in [0.2, 0.25) is 0 Å². The molecular formula is C19H14F4N2O2S. The number of rotatable bonds is 5. The number of alkyl halides is 3. The number of nitrogens with zero attached hydrogens (tertiary/aromatic N) is 1. The lowest BCUT2D eigenvalue weighted by atomic mass is 10.1. The number of halogens is 4. The third kappa shape index (κ3) is 4.73. The number of benzene rings is 2. The first-order chi connectivity index (χ1) is 13.2. The van der Waals surface area contributed by atoms with Crippen molar-refractivity contribution >= 4 is 17.2 Å². The average molecular weight is 410 g/mol. The molecule has 0 saturated carbocycles. The molecule has 3 aromatic rings. The highest BCUT2D eigenvalue weighted by molar-refractivity contribution is 7.13. The van der Waals surface area contributed by atoms with Gasteiger partial charge in [-0.1, -0.05) is 24.3 Å². The Morgan fingerprint density at radius 2 is 1.93 bits per heavy atom. The van der Waals surface area contributed by atoms with Gasteiger partial charge in [-0.3, -0.25) is 4.79 Å². The minimum Gasteiger partial charge on any atom is -0.387 e. The van der Waals surface area contributed by atoms with Gasteiger partial charge in [0.05, 0.1) is 11.7 Å². The summed E-state index contributed by atoms with van der Waals surface area (Å²) >= 11 is 1.03. The maximum atomic E-state index is 13.2. The van der Waals surface area contributed by atoms with E-state index in [1.165, 1.54) is 35.7 Å². The molecule has 1 atom stereocenters. The zero-order chi connectivity index (χ0) is 20.3. The van der Waals surface area contributed by atoms with E-state index in [0.29, 0.717) is 5.56 Å². The van der Waals surface area contributed by atoms with E-state index in [4.69, 9.17) is 0 Å². The minimum absolute atomic E-state index is 0.0175. The number of aliphatic hydroxyl groups is 1. The van der Waals surface area contributed by atoms with Gasteiger partial charge in [-0.25, -0.2) is 9.37 Å². The second kappa shape index (κ2) is 8.07. The van der Waals surface area contributed by atoms with Crippen molar-refractivity contribution in [1.82, 2.24) is 10.3 Å². The molecule has 0 aliphatic rings. The molecule has 1 aromatic heterocycles. The van der Waals surface area contributed by atoms with Crippen LogP contribution in [0.5, 0.6) is 0 Å². The predicted octanol–water partition coefficient (Wildman–Crippen LogP) is 4.43. The van der Waals surface area contributed by atoms with Crippen LogP contribution in [0.2, 0.25) is 0 Å². The lowest BCUT2D eigenvalue weighted by Crippen LogP contribution is -2.28. The number of carbonyl (C=O) groups excluding carboxylic acids is 1. The van der Waals surface area contributed by atoms with Crippen LogP contribution in [0.25, 0.3) is 10.6 Å². The summed E-state index contributed by atoms with van der Waals surface area (Å²) in [5.74, 6) is -1.10. The van der Waals surface area contributed by atoms with Gasteiger partial charge in [-0.2, -0.15) is 13.2 Å². The van der Waals surface area contributed by atoms with Crippen molar-refractivity contribution in [3.8, 4) is 10.6 Å². The largest absolute Gasteiger partial charge is 0.416 e. The van der Waals surface area contributed by atoms with Gasteiger partial charge in [-0.05, 0) is 29.8 Å². The number of hydrogen-bond acceptors (Lipinski definition) is 4. The molecule has 3 rings (SSSR count). The molecule has 0 aliphatic heterocycles. The first-order valence-corrected chi connectivity index (χ1v) is 8.97. The number of thiazole rings is 1. The number of carbonyl (C=O) groups is 1. The van der Waals surface area contributed by atoms with Crippen molar-refractivity contribution in [1.29, 1.82) is 0 Å². The summed E-state index contributed by atoms with van der Waals surface area (Å²) in [6.45, 7) is -0.168. The molecule has 146 valence electrons. The summed E-state index contributed by atoms with van der Waals surface area (Å²) < 4.78 is 51.7. The average Bonchev–Trinajstić information content (AvgIpc) is 3.15. The molecular weight excluding hydrogens is 396 g/mol. The normalized spacial score (nSPS) is 12.6. The van der Waals surface area contributed by atoms with Crippen molar-refractivity contribution < 1.29 is 27.5 Å². The van der Waals surface area contributed by atoms with E-state index >= 15 is 0 Å². The van der Waals surface area contributed by atoms with Crippen LogP contribution in [-0.2, 0) is 6.18 Å². The summed E-state index contributed by atoms with van der Waals surface area (Å²) in [6.07, 6.45) is -5.58. The number of aliphatic hydroxyl groups excluding tert-OH is 1. The Labute approximate surface area is 161 Å². The standard InChI is InChI=1S/C19H14F4N2O2S/c20-14-6-2-3-11(8-14)16(26)9-24-17(27)15-10-28-18(25-15)12-4-1-5-13(7-12)19(21,22)23/h1-8,10,16,26H,9H2,(H,24,27). The molecule has 28 heavy (non-hydrogen) atoms. The Morgan fingerprint density at radius 1 is 1.18 bits per heavy atom. The van der Waals surface area contributed by atoms with Gasteiger partial charge in [0, 0.05) is 17.5 Å². The summed E-state index contributed by atoms with van der Waals surface area (Å²) in [5.41, 5.74) is -0.227. The molecule has 1 unspecified atom stereocenters. The van der Waals surface area contributed by atoms with E-state index in [9.17, 15) is 27.5 Å². The van der Waals surface area contributed by atoms with Crippen LogP contribution < -0.4 is 5.32 Å². The predicted molar refractivity (Wildman–Crippen MR) is 96.2 cm³/mol. The summed E-state index contributed by atoms with van der Waals surface area (Å²) in [7, 11) is 0. The van der Waals surface area contributed by atoms with Crippen LogP contribution in [0.3, 0.4) is 0 Å². The lowest BCUT2D eigenvalue weighted by molar-refractivity contribution is -0.137. The van der Waals surface area contributed by atoms with E-state index in [1.54, 1.807) is 0 Å². The maximum Gasteiger partial charge on any atom is 0.416 e. The molecule has 0 fully saturated rings. The molecule has 2 N–H and O–H groups in total. The van der Waals surface area contributed by atoms with Crippen molar-refractivity contribution in [2.45, 2.75) is 12.3 Å². The Bertz CT molecular complexity index is 988. The zero-order valence-corrected chi connectivity index (χ0v) is 15.0. The van der Waals surface area contributed by atoms with Crippen LogP contribution in [0.4, 0.5) is 17.6 Å². The molecule has 2 aromatic carbocycles. The van der Waals surface area contributed by atoms with Gasteiger partial charge in [0.15, 0.2) is 0 Å². The van der Waals surface area contributed by atoms with E-state index in [2.05, 4.69) is 10.3 Å². The minimum atomic E-state index is -4.47. The third-order valence-electron chi connectivity index (χ3n) is 3.86. The van der Waals surface area contributed by atoms with Crippen molar-refractivity contribution in [2.24, 2.45) is 0 Å². The van der Waals surface area contributed by atoms with Crippen molar-refractivity contribution in [3.05, 3.63) is 76.5 Å². The quantitative estimate of drug-likeness (QED) is 0.612. The first kappa shape index (κ1) is 20.0. The summed E-state index contributed by atoms with van der Waals surface area (Å²) in [6, 6.07) is 10.0. The van der Waals surface area contributed by atoms with E-state index in [-0.39, 0.29) is 22.8 Å². The SMILES string of the molecule is O=C(NCC(O)c1cccc(F)c1)c1csc(-c2cccc(C(F)(F)F)c2)n1. The van der Waals surface area contributed by atoms with Gasteiger partial charge >= 0.3 is 6.18 Å². The third-order valence-corrected chi connectivity index (χ3v) is 4.75. The molecule has 1 amide bonds. The number of nitrogens with one attached hydrogen (secondary N) is 1. The molecule has 9 heteroatoms. The van der Waals surface area contributed by atoms with Crippen molar-refractivity contribution in [2.75, 3.05) is 6.54 Å². The molecule has 1 heterocycles. The zero-order valence-electron chi connectivity index (χ0n) is 14.2. The van der Waals surface area contributed by atoms with Gasteiger partial charge in [0.1, 0.15) is 16.5 Å². The molecule has 0 aliphatic carbocycles. The van der Waals surface area contributed by atoms with E-state index in [0.717, 1.165) is 29.5 Å². The monoisotopic (exact) mass is 410 g/mol. The van der Waals surface area contributed by atoms with Crippen molar-refractivity contribution in [3.63, 3.8) is 0 Å². The van der Waals surface area contributed by atoms with Gasteiger partial charge in [-0.15, -0.1) is 11.3 Å². The Balaban J connectivity index is 1.67. The van der Waals surface area contributed by atoms with Crippen LogP contribution in [-0.4, -0.2) is 22.5 Å². The number of aromatic nitrogens is 1. The molecule has 0 bridgehead atoms. The first-order valence-electron chi connectivity index (χ1n) is 8.09. The molecule has 0 spiro atoms.